The number of aromatic nitrogens is 3. The molecule has 1 aliphatic heterocycles. The maximum Gasteiger partial charge on any atom is 0.230 e. The topological polar surface area (TPSA) is 89.1 Å². The standard InChI is InChI=1S/C16H20N4O3S/c1-10(2)15(19-14(21)8-24-16-17-9-18-20-16)11-3-4-12-13(7-11)23-6-5-22-12/h3-4,7,9-10,15H,5-6,8H2,1-2H3,(H,19,21)(H,17,18,20)/t15-/m1/s1. The highest BCUT2D eigenvalue weighted by molar-refractivity contribution is 7.99. The van der Waals surface area contributed by atoms with Crippen molar-refractivity contribution in [3.05, 3.63) is 30.1 Å². The van der Waals surface area contributed by atoms with E-state index in [1.165, 1.54) is 18.1 Å². The minimum absolute atomic E-state index is 0.0509. The molecule has 2 N–H and O–H groups in total. The van der Waals surface area contributed by atoms with Gasteiger partial charge in [-0.2, -0.15) is 5.10 Å². The molecule has 2 heterocycles. The van der Waals surface area contributed by atoms with Crippen molar-refractivity contribution >= 4 is 17.7 Å². The Morgan fingerprint density at radius 2 is 2.12 bits per heavy atom. The van der Waals surface area contributed by atoms with Gasteiger partial charge in [-0.1, -0.05) is 31.7 Å². The van der Waals surface area contributed by atoms with Gasteiger partial charge in [0.05, 0.1) is 11.8 Å². The number of amides is 1. The lowest BCUT2D eigenvalue weighted by atomic mass is 9.95. The fourth-order valence-electron chi connectivity index (χ4n) is 2.50. The highest BCUT2D eigenvalue weighted by Crippen LogP contribution is 2.34. The van der Waals surface area contributed by atoms with Crippen LogP contribution in [0.3, 0.4) is 0 Å². The molecule has 0 bridgehead atoms. The van der Waals surface area contributed by atoms with Crippen LogP contribution in [0, 0.1) is 5.92 Å². The maximum absolute atomic E-state index is 12.3. The average molecular weight is 348 g/mol. The van der Waals surface area contributed by atoms with Gasteiger partial charge in [-0.15, -0.1) is 0 Å². The molecule has 1 atom stereocenters. The number of nitrogens with zero attached hydrogens (tertiary/aromatic N) is 2. The Labute approximate surface area is 144 Å². The molecule has 0 radical (unpaired) electrons. The Hall–Kier alpha value is -2.22. The lowest BCUT2D eigenvalue weighted by molar-refractivity contribution is -0.119. The largest absolute Gasteiger partial charge is 0.486 e. The summed E-state index contributed by atoms with van der Waals surface area (Å²) in [4.78, 5) is 16.3. The molecule has 24 heavy (non-hydrogen) atoms. The maximum atomic E-state index is 12.3. The molecule has 0 aliphatic carbocycles. The molecule has 7 nitrogen and oxygen atoms in total. The van der Waals surface area contributed by atoms with Gasteiger partial charge in [0.1, 0.15) is 19.5 Å². The van der Waals surface area contributed by atoms with Crippen molar-refractivity contribution < 1.29 is 14.3 Å². The van der Waals surface area contributed by atoms with Crippen LogP contribution in [-0.4, -0.2) is 40.1 Å². The van der Waals surface area contributed by atoms with Crippen molar-refractivity contribution in [3.8, 4) is 11.5 Å². The van der Waals surface area contributed by atoms with E-state index >= 15 is 0 Å². The molecule has 1 amide bonds. The highest BCUT2D eigenvalue weighted by Gasteiger charge is 2.21. The lowest BCUT2D eigenvalue weighted by Crippen LogP contribution is -2.33. The number of benzene rings is 1. The molecule has 3 rings (SSSR count). The molecule has 0 unspecified atom stereocenters. The summed E-state index contributed by atoms with van der Waals surface area (Å²) in [5, 5.41) is 10.2. The molecule has 0 spiro atoms. The minimum Gasteiger partial charge on any atom is -0.486 e. The molecule has 2 aromatic rings. The normalized spacial score (nSPS) is 14.5. The summed E-state index contributed by atoms with van der Waals surface area (Å²) >= 11 is 1.32. The summed E-state index contributed by atoms with van der Waals surface area (Å²) in [6.07, 6.45) is 1.42. The zero-order valence-electron chi connectivity index (χ0n) is 13.6. The molecular formula is C16H20N4O3S. The van der Waals surface area contributed by atoms with E-state index in [0.29, 0.717) is 18.4 Å². The number of carbonyl (C=O) groups excluding carboxylic acids is 1. The van der Waals surface area contributed by atoms with E-state index in [9.17, 15) is 4.79 Å². The van der Waals surface area contributed by atoms with E-state index < -0.39 is 0 Å². The molecule has 0 saturated carbocycles. The smallest absolute Gasteiger partial charge is 0.230 e. The summed E-state index contributed by atoms with van der Waals surface area (Å²) in [6, 6.07) is 5.73. The van der Waals surface area contributed by atoms with Gasteiger partial charge in [0, 0.05) is 0 Å². The predicted octanol–water partition coefficient (Wildman–Crippen LogP) is 2.18. The predicted molar refractivity (Wildman–Crippen MR) is 90.3 cm³/mol. The van der Waals surface area contributed by atoms with Crippen molar-refractivity contribution in [1.29, 1.82) is 0 Å². The lowest BCUT2D eigenvalue weighted by Gasteiger charge is -2.25. The number of fused-ring (bicyclic) bond motifs is 1. The fraction of sp³-hybridized carbons (Fsp3) is 0.438. The first-order valence-electron chi connectivity index (χ1n) is 7.80. The molecule has 1 aromatic heterocycles. The Bertz CT molecular complexity index is 691. The highest BCUT2D eigenvalue weighted by atomic mass is 32.2. The van der Waals surface area contributed by atoms with Crippen LogP contribution in [0.2, 0.25) is 0 Å². The van der Waals surface area contributed by atoms with E-state index in [4.69, 9.17) is 9.47 Å². The van der Waals surface area contributed by atoms with E-state index in [2.05, 4.69) is 34.3 Å². The minimum atomic E-state index is -0.0938. The number of nitrogens with one attached hydrogen (secondary N) is 2. The molecule has 0 saturated heterocycles. The molecule has 128 valence electrons. The zero-order valence-corrected chi connectivity index (χ0v) is 14.4. The number of hydrogen-bond donors (Lipinski definition) is 2. The molecule has 0 fully saturated rings. The van der Waals surface area contributed by atoms with Crippen molar-refractivity contribution in [2.45, 2.75) is 25.0 Å². The summed E-state index contributed by atoms with van der Waals surface area (Å²) in [5.41, 5.74) is 1.01. The number of hydrogen-bond acceptors (Lipinski definition) is 6. The molecule has 8 heteroatoms. The van der Waals surface area contributed by atoms with Crippen LogP contribution in [0.1, 0.15) is 25.5 Å². The van der Waals surface area contributed by atoms with E-state index in [1.54, 1.807) is 0 Å². The first-order chi connectivity index (χ1) is 11.6. The van der Waals surface area contributed by atoms with Gasteiger partial charge in [0.2, 0.25) is 5.91 Å². The Morgan fingerprint density at radius 1 is 1.33 bits per heavy atom. The van der Waals surface area contributed by atoms with Crippen molar-refractivity contribution in [1.82, 2.24) is 20.5 Å². The molecule has 1 aromatic carbocycles. The first kappa shape index (κ1) is 16.6. The summed E-state index contributed by atoms with van der Waals surface area (Å²) in [5.74, 6) is 1.95. The zero-order chi connectivity index (χ0) is 16.9. The Morgan fingerprint density at radius 3 is 2.83 bits per heavy atom. The average Bonchev–Trinajstić information content (AvgIpc) is 3.10. The van der Waals surface area contributed by atoms with Crippen molar-refractivity contribution in [2.75, 3.05) is 19.0 Å². The Balaban J connectivity index is 1.67. The third-order valence-corrected chi connectivity index (χ3v) is 4.52. The van der Waals surface area contributed by atoms with Gasteiger partial charge in [0.25, 0.3) is 0 Å². The number of H-pyrrole nitrogens is 1. The van der Waals surface area contributed by atoms with E-state index in [0.717, 1.165) is 17.1 Å². The van der Waals surface area contributed by atoms with Gasteiger partial charge >= 0.3 is 0 Å². The third kappa shape index (κ3) is 4.00. The quantitative estimate of drug-likeness (QED) is 0.778. The number of rotatable bonds is 6. The second kappa shape index (κ2) is 7.57. The van der Waals surface area contributed by atoms with Gasteiger partial charge in [-0.05, 0) is 23.6 Å². The van der Waals surface area contributed by atoms with Crippen LogP contribution >= 0.6 is 11.8 Å². The first-order valence-corrected chi connectivity index (χ1v) is 8.79. The second-order valence-electron chi connectivity index (χ2n) is 5.77. The van der Waals surface area contributed by atoms with E-state index in [1.807, 2.05) is 18.2 Å². The Kier molecular flexibility index (Phi) is 5.24. The number of ether oxygens (including phenoxy) is 2. The van der Waals surface area contributed by atoms with Gasteiger partial charge in [0.15, 0.2) is 16.7 Å². The molecule has 1 aliphatic rings. The summed E-state index contributed by atoms with van der Waals surface area (Å²) in [6.45, 7) is 5.26. The number of carbonyl (C=O) groups is 1. The van der Waals surface area contributed by atoms with Crippen LogP contribution in [0.5, 0.6) is 11.5 Å². The summed E-state index contributed by atoms with van der Waals surface area (Å²) in [7, 11) is 0. The van der Waals surface area contributed by atoms with Crippen LogP contribution in [0.4, 0.5) is 0 Å². The third-order valence-electron chi connectivity index (χ3n) is 3.64. The fourth-order valence-corrected chi connectivity index (χ4v) is 3.09. The van der Waals surface area contributed by atoms with Crippen molar-refractivity contribution in [2.24, 2.45) is 5.92 Å². The monoisotopic (exact) mass is 348 g/mol. The number of thioether (sulfide) groups is 1. The van der Waals surface area contributed by atoms with Gasteiger partial charge < -0.3 is 14.8 Å². The van der Waals surface area contributed by atoms with Crippen LogP contribution in [0.15, 0.2) is 29.7 Å². The van der Waals surface area contributed by atoms with Gasteiger partial charge in [-0.3, -0.25) is 9.89 Å². The van der Waals surface area contributed by atoms with E-state index in [-0.39, 0.29) is 23.6 Å². The summed E-state index contributed by atoms with van der Waals surface area (Å²) < 4.78 is 11.2. The molecular weight excluding hydrogens is 328 g/mol. The second-order valence-corrected chi connectivity index (χ2v) is 6.74. The van der Waals surface area contributed by atoms with Crippen LogP contribution < -0.4 is 14.8 Å². The SMILES string of the molecule is CC(C)[C@@H](NC(=O)CSc1ncn[nH]1)c1ccc2c(c1)OCCO2. The van der Waals surface area contributed by atoms with Crippen LogP contribution in [0.25, 0.3) is 0 Å². The van der Waals surface area contributed by atoms with Crippen molar-refractivity contribution in [3.63, 3.8) is 0 Å². The van der Waals surface area contributed by atoms with Gasteiger partial charge in [-0.25, -0.2) is 4.98 Å². The van der Waals surface area contributed by atoms with Crippen LogP contribution in [-0.2, 0) is 4.79 Å². The number of aromatic amines is 1.